The minimum atomic E-state index is -1.24. The SMILES string of the molecule is [CH2-]C/C(C)=C/COC(=O)CC[C@@H]1/C2=C3/c4[n-]c(c(C)c4C(=O)[C@@H]3C(=O)OC)/C=C3\[N-]/C(=C\c4[n-]c(c(C)c4C(C)=O)/C=C(\[N-]2)[C@H]1C)[C@H](C)[C@H]3CC.[Mg+2]. The zero-order valence-corrected chi connectivity index (χ0v) is 32.8. The molecular weight excluding hydrogens is 669 g/mol. The predicted molar refractivity (Wildman–Crippen MR) is 202 cm³/mol. The molecule has 2 fully saturated rings. The maximum absolute atomic E-state index is 14.2. The van der Waals surface area contributed by atoms with Gasteiger partial charge in [0, 0.05) is 17.5 Å². The molecular formula is C41H45MgN4O6-3. The summed E-state index contributed by atoms with van der Waals surface area (Å²) >= 11 is 0. The zero-order valence-electron chi connectivity index (χ0n) is 31.4. The first-order valence-corrected chi connectivity index (χ1v) is 17.7. The van der Waals surface area contributed by atoms with E-state index in [1.165, 1.54) is 7.11 Å². The van der Waals surface area contributed by atoms with E-state index in [-0.39, 0.29) is 77.3 Å². The number of carbonyl (C=O) groups is 4. The van der Waals surface area contributed by atoms with Crippen molar-refractivity contribution in [3.8, 4) is 0 Å². The molecule has 0 saturated carbocycles. The number of carbonyl (C=O) groups excluding carboxylic acids is 4. The monoisotopic (exact) mass is 713 g/mol. The number of esters is 2. The van der Waals surface area contributed by atoms with Crippen LogP contribution in [-0.4, -0.2) is 60.3 Å². The summed E-state index contributed by atoms with van der Waals surface area (Å²) < 4.78 is 10.7. The van der Waals surface area contributed by atoms with Crippen molar-refractivity contribution in [2.24, 2.45) is 29.6 Å². The number of ether oxygens (including phenoxy) is 2. The van der Waals surface area contributed by atoms with Gasteiger partial charge < -0.3 is 37.0 Å². The molecule has 270 valence electrons. The van der Waals surface area contributed by atoms with Crippen molar-refractivity contribution in [3.05, 3.63) is 97.0 Å². The van der Waals surface area contributed by atoms with Gasteiger partial charge in [0.15, 0.2) is 11.6 Å². The van der Waals surface area contributed by atoms with Gasteiger partial charge >= 0.3 is 35.0 Å². The van der Waals surface area contributed by atoms with Crippen molar-refractivity contribution in [1.82, 2.24) is 9.97 Å². The Hall–Kier alpha value is -4.09. The summed E-state index contributed by atoms with van der Waals surface area (Å²) in [5, 5.41) is 10.2. The molecule has 3 aliphatic heterocycles. The van der Waals surface area contributed by atoms with Crippen LogP contribution in [-0.2, 0) is 19.1 Å². The second-order valence-corrected chi connectivity index (χ2v) is 14.1. The maximum Gasteiger partial charge on any atom is 2.00 e. The molecule has 8 bridgehead atoms. The van der Waals surface area contributed by atoms with Crippen LogP contribution in [0.25, 0.3) is 34.4 Å². The van der Waals surface area contributed by atoms with E-state index >= 15 is 0 Å². The molecule has 2 aromatic heterocycles. The summed E-state index contributed by atoms with van der Waals surface area (Å²) in [6, 6.07) is 0. The fourth-order valence-electron chi connectivity index (χ4n) is 7.89. The maximum atomic E-state index is 14.2. The van der Waals surface area contributed by atoms with E-state index in [4.69, 9.17) is 30.1 Å². The Bertz CT molecular complexity index is 1990. The second-order valence-electron chi connectivity index (χ2n) is 14.1. The van der Waals surface area contributed by atoms with Crippen LogP contribution in [0.5, 0.6) is 0 Å². The van der Waals surface area contributed by atoms with Crippen LogP contribution in [0, 0.1) is 50.4 Å². The molecule has 11 heteroatoms. The number of aromatic nitrogens is 2. The Morgan fingerprint density at radius 1 is 0.904 bits per heavy atom. The minimum absolute atomic E-state index is 0. The van der Waals surface area contributed by atoms with Crippen molar-refractivity contribution >= 4 is 70.4 Å². The van der Waals surface area contributed by atoms with E-state index in [2.05, 4.69) is 20.8 Å². The molecule has 2 saturated heterocycles. The van der Waals surface area contributed by atoms with E-state index in [1.807, 2.05) is 52.0 Å². The fourth-order valence-corrected chi connectivity index (χ4v) is 7.89. The van der Waals surface area contributed by atoms with Gasteiger partial charge in [0.05, 0.1) is 7.11 Å². The molecule has 0 spiro atoms. The van der Waals surface area contributed by atoms with Crippen molar-refractivity contribution in [2.45, 2.75) is 74.1 Å². The molecule has 10 nitrogen and oxygen atoms in total. The Morgan fingerprint density at radius 3 is 2.19 bits per heavy atom. The molecule has 0 radical (unpaired) electrons. The third-order valence-corrected chi connectivity index (χ3v) is 11.0. The van der Waals surface area contributed by atoms with E-state index in [0.717, 1.165) is 29.0 Å². The Kier molecular flexibility index (Phi) is 11.6. The number of hydrogen-bond acceptors (Lipinski definition) is 6. The normalized spacial score (nSPS) is 27.7. The van der Waals surface area contributed by atoms with Crippen LogP contribution in [0.1, 0.15) is 115 Å². The molecule has 2 aromatic rings. The van der Waals surface area contributed by atoms with Crippen LogP contribution in [0.3, 0.4) is 0 Å². The van der Waals surface area contributed by atoms with Gasteiger partial charge in [-0.1, -0.05) is 68.2 Å². The molecule has 0 N–H and O–H groups in total. The Morgan fingerprint density at radius 2 is 1.54 bits per heavy atom. The first-order valence-electron chi connectivity index (χ1n) is 17.7. The first kappa shape index (κ1) is 39.1. The molecule has 0 amide bonds. The van der Waals surface area contributed by atoms with Gasteiger partial charge in [-0.25, -0.2) is 0 Å². The smallest absolute Gasteiger partial charge is 0.664 e. The van der Waals surface area contributed by atoms with E-state index in [0.29, 0.717) is 69.3 Å². The number of ketones is 2. The minimum Gasteiger partial charge on any atom is -0.664 e. The van der Waals surface area contributed by atoms with E-state index in [9.17, 15) is 19.2 Å². The third kappa shape index (κ3) is 6.77. The molecule has 4 aliphatic rings. The number of hydrogen-bond donors (Lipinski definition) is 0. The quantitative estimate of drug-likeness (QED) is 0.0644. The summed E-state index contributed by atoms with van der Waals surface area (Å²) in [6.07, 6.45) is 9.46. The van der Waals surface area contributed by atoms with Gasteiger partial charge in [-0.3, -0.25) is 19.2 Å². The van der Waals surface area contributed by atoms with Gasteiger partial charge in [-0.2, -0.15) is 29.2 Å². The average Bonchev–Trinajstić information content (AvgIpc) is 3.84. The predicted octanol–water partition coefficient (Wildman–Crippen LogP) is 7.66. The Labute approximate surface area is 322 Å². The largest absolute Gasteiger partial charge is 2.00 e. The summed E-state index contributed by atoms with van der Waals surface area (Å²) in [5.74, 6) is -3.24. The van der Waals surface area contributed by atoms with Crippen LogP contribution >= 0.6 is 0 Å². The number of rotatable bonds is 9. The van der Waals surface area contributed by atoms with E-state index in [1.54, 1.807) is 6.92 Å². The van der Waals surface area contributed by atoms with Crippen LogP contribution in [0.4, 0.5) is 0 Å². The number of Topliss-reactive ketones (excluding diaryl/α,β-unsaturated/α-hetero) is 2. The standard InChI is InChI=1S/C41H47N4O6.Mg/c1-10-19(3)14-15-51-33(47)13-12-26-21(5)28-16-29-22(6)34(24(8)46)32(43-29)18-27-20(4)25(11-2)31(42-27)17-30-23(7)35-39(45-30)36(38(26)44-28)37(40(35)48)41(49)50-9;/h14,16-18,20-21,25-26,37H,1,10-13,15H2,2-9H3,(H2-2,42,43,44,45,46,48);/q-3;+2/p-2/b19-14+,28-16-,31-17-;/t20-,21+,25-,26+,37-;/m1./s1. The molecule has 1 aliphatic carbocycles. The molecule has 5 heterocycles. The van der Waals surface area contributed by atoms with Crippen LogP contribution in [0.15, 0.2) is 34.4 Å². The molecule has 52 heavy (non-hydrogen) atoms. The summed E-state index contributed by atoms with van der Waals surface area (Å²) in [4.78, 5) is 63.6. The summed E-state index contributed by atoms with van der Waals surface area (Å²) in [5.41, 5.74) is 8.77. The van der Waals surface area contributed by atoms with Crippen molar-refractivity contribution in [3.63, 3.8) is 0 Å². The van der Waals surface area contributed by atoms with Crippen molar-refractivity contribution < 1.29 is 28.7 Å². The molecule has 0 unspecified atom stereocenters. The van der Waals surface area contributed by atoms with Crippen molar-refractivity contribution in [2.75, 3.05) is 13.7 Å². The first-order chi connectivity index (χ1) is 24.3. The van der Waals surface area contributed by atoms with Crippen LogP contribution in [0.2, 0.25) is 0 Å². The number of allylic oxidation sites excluding steroid dienone is 5. The van der Waals surface area contributed by atoms with Gasteiger partial charge in [0.25, 0.3) is 0 Å². The zero-order chi connectivity index (χ0) is 36.9. The summed E-state index contributed by atoms with van der Waals surface area (Å²) in [7, 11) is 1.26. The summed E-state index contributed by atoms with van der Waals surface area (Å²) in [6.45, 7) is 17.5. The van der Waals surface area contributed by atoms with Crippen LogP contribution < -0.4 is 9.97 Å². The van der Waals surface area contributed by atoms with Gasteiger partial charge in [-0.05, 0) is 57.8 Å². The molecule has 6 rings (SSSR count). The van der Waals surface area contributed by atoms with Crippen molar-refractivity contribution in [1.29, 1.82) is 0 Å². The number of fused-ring (bicyclic) bond motifs is 7. The van der Waals surface area contributed by atoms with Gasteiger partial charge in [0.1, 0.15) is 12.5 Å². The topological polar surface area (TPSA) is 143 Å². The second kappa shape index (κ2) is 15.5. The molecule has 5 atom stereocenters. The van der Waals surface area contributed by atoms with Gasteiger partial charge in [0.2, 0.25) is 0 Å². The Balaban J connectivity index is 0.00000523. The molecule has 0 aromatic carbocycles. The van der Waals surface area contributed by atoms with E-state index < -0.39 is 11.9 Å². The number of nitrogens with zero attached hydrogens (tertiary/aromatic N) is 4. The van der Waals surface area contributed by atoms with Gasteiger partial charge in [-0.15, -0.1) is 28.3 Å². The fraction of sp³-hybridized carbons (Fsp3) is 0.439. The third-order valence-electron chi connectivity index (χ3n) is 11.0. The number of methoxy groups -OCH3 is 1. The average molecular weight is 714 g/mol.